The molecule has 0 aliphatic rings. The van der Waals surface area contributed by atoms with Crippen LogP contribution in [-0.4, -0.2) is 25.3 Å². The molecule has 0 saturated carbocycles. The second kappa shape index (κ2) is 7.02. The minimum Gasteiger partial charge on any atom is -0.374 e. The number of hydrogen-bond acceptors (Lipinski definition) is 2. The fourth-order valence-corrected chi connectivity index (χ4v) is 1.78. The zero-order valence-electron chi connectivity index (χ0n) is 10.1. The van der Waals surface area contributed by atoms with Gasteiger partial charge in [-0.15, -0.1) is 6.58 Å². The molecule has 2 heteroatoms. The molecule has 0 aliphatic heterocycles. The molecule has 0 aliphatic carbocycles. The highest BCUT2D eigenvalue weighted by Crippen LogP contribution is 2.19. The van der Waals surface area contributed by atoms with E-state index >= 15 is 0 Å². The van der Waals surface area contributed by atoms with Crippen molar-refractivity contribution in [1.29, 1.82) is 0 Å². The Balaban J connectivity index is 4.02. The average molecular weight is 199 g/mol. The second-order valence-corrected chi connectivity index (χ2v) is 4.10. The van der Waals surface area contributed by atoms with E-state index in [-0.39, 0.29) is 5.60 Å². The first-order valence-electron chi connectivity index (χ1n) is 5.50. The Kier molecular flexibility index (Phi) is 6.85. The Hall–Kier alpha value is -0.340. The lowest BCUT2D eigenvalue weighted by molar-refractivity contribution is -0.0387. The van der Waals surface area contributed by atoms with Gasteiger partial charge in [0.15, 0.2) is 0 Å². The Morgan fingerprint density at radius 1 is 1.50 bits per heavy atom. The fourth-order valence-electron chi connectivity index (χ4n) is 1.78. The Morgan fingerprint density at radius 3 is 2.57 bits per heavy atom. The lowest BCUT2D eigenvalue weighted by atomic mass is 9.93. The van der Waals surface area contributed by atoms with Crippen molar-refractivity contribution in [1.82, 2.24) is 5.32 Å². The monoisotopic (exact) mass is 199 g/mol. The highest BCUT2D eigenvalue weighted by atomic mass is 16.5. The van der Waals surface area contributed by atoms with Crippen LogP contribution in [0.25, 0.3) is 0 Å². The fraction of sp³-hybridized carbons (Fsp3) is 0.833. The molecule has 0 bridgehead atoms. The van der Waals surface area contributed by atoms with E-state index in [0.717, 1.165) is 19.4 Å². The standard InChI is InChI=1S/C12H25NO/c1-6-8-9-10-11(13-5)12(3,4)14-7-2/h6,11,13H,1,7-10H2,2-5H3. The topological polar surface area (TPSA) is 21.3 Å². The molecule has 0 saturated heterocycles. The number of rotatable bonds is 8. The smallest absolute Gasteiger partial charge is 0.0778 e. The van der Waals surface area contributed by atoms with Gasteiger partial charge in [0.1, 0.15) is 0 Å². The van der Waals surface area contributed by atoms with Gasteiger partial charge in [0.2, 0.25) is 0 Å². The van der Waals surface area contributed by atoms with Crippen LogP contribution in [0.3, 0.4) is 0 Å². The van der Waals surface area contributed by atoms with Crippen LogP contribution in [0.2, 0.25) is 0 Å². The van der Waals surface area contributed by atoms with Crippen LogP contribution < -0.4 is 5.32 Å². The number of hydrogen-bond donors (Lipinski definition) is 1. The minimum absolute atomic E-state index is 0.0787. The summed E-state index contributed by atoms with van der Waals surface area (Å²) >= 11 is 0. The van der Waals surface area contributed by atoms with Crippen LogP contribution in [0, 0.1) is 0 Å². The number of allylic oxidation sites excluding steroid dienone is 1. The predicted octanol–water partition coefficient (Wildman–Crippen LogP) is 2.75. The van der Waals surface area contributed by atoms with Gasteiger partial charge >= 0.3 is 0 Å². The Bertz CT molecular complexity index is 154. The number of ether oxygens (including phenoxy) is 1. The van der Waals surface area contributed by atoms with Crippen molar-refractivity contribution in [2.45, 2.75) is 51.7 Å². The van der Waals surface area contributed by atoms with Gasteiger partial charge in [-0.1, -0.05) is 6.08 Å². The largest absolute Gasteiger partial charge is 0.374 e. The van der Waals surface area contributed by atoms with Crippen LogP contribution in [0.4, 0.5) is 0 Å². The van der Waals surface area contributed by atoms with E-state index in [1.165, 1.54) is 6.42 Å². The summed E-state index contributed by atoms with van der Waals surface area (Å²) in [4.78, 5) is 0. The Morgan fingerprint density at radius 2 is 2.14 bits per heavy atom. The van der Waals surface area contributed by atoms with Gasteiger partial charge in [-0.2, -0.15) is 0 Å². The zero-order valence-corrected chi connectivity index (χ0v) is 10.1. The zero-order chi connectivity index (χ0) is 11.0. The van der Waals surface area contributed by atoms with Crippen LogP contribution in [0.1, 0.15) is 40.0 Å². The molecular formula is C12H25NO. The third-order valence-electron chi connectivity index (χ3n) is 2.61. The second-order valence-electron chi connectivity index (χ2n) is 4.10. The summed E-state index contributed by atoms with van der Waals surface area (Å²) < 4.78 is 5.72. The quantitative estimate of drug-likeness (QED) is 0.479. The maximum Gasteiger partial charge on any atom is 0.0778 e. The molecule has 1 unspecified atom stereocenters. The molecule has 0 rings (SSSR count). The van der Waals surface area contributed by atoms with Gasteiger partial charge in [-0.3, -0.25) is 0 Å². The molecule has 0 aromatic heterocycles. The number of nitrogens with one attached hydrogen (secondary N) is 1. The van der Waals surface area contributed by atoms with Crippen LogP contribution in [-0.2, 0) is 4.74 Å². The van der Waals surface area contributed by atoms with Crippen molar-refractivity contribution in [3.8, 4) is 0 Å². The summed E-state index contributed by atoms with van der Waals surface area (Å²) in [6, 6.07) is 0.419. The van der Waals surface area contributed by atoms with E-state index in [1.807, 2.05) is 20.0 Å². The molecule has 0 heterocycles. The summed E-state index contributed by atoms with van der Waals surface area (Å²) in [5, 5.41) is 3.33. The Labute approximate surface area is 88.7 Å². The van der Waals surface area contributed by atoms with Crippen molar-refractivity contribution in [3.05, 3.63) is 12.7 Å². The van der Waals surface area contributed by atoms with E-state index in [0.29, 0.717) is 6.04 Å². The van der Waals surface area contributed by atoms with E-state index in [9.17, 15) is 0 Å². The molecule has 0 spiro atoms. The van der Waals surface area contributed by atoms with E-state index in [4.69, 9.17) is 4.74 Å². The molecule has 2 nitrogen and oxygen atoms in total. The van der Waals surface area contributed by atoms with Crippen molar-refractivity contribution in [2.24, 2.45) is 0 Å². The van der Waals surface area contributed by atoms with Gasteiger partial charge in [-0.25, -0.2) is 0 Å². The molecule has 84 valence electrons. The normalized spacial score (nSPS) is 14.0. The molecule has 0 aromatic carbocycles. The molecule has 0 radical (unpaired) electrons. The summed E-state index contributed by atoms with van der Waals surface area (Å²) in [5.41, 5.74) is -0.0787. The molecule has 1 atom stereocenters. The maximum atomic E-state index is 5.72. The van der Waals surface area contributed by atoms with E-state index < -0.39 is 0 Å². The molecular weight excluding hydrogens is 174 g/mol. The van der Waals surface area contributed by atoms with Gasteiger partial charge < -0.3 is 10.1 Å². The third kappa shape index (κ3) is 4.77. The minimum atomic E-state index is -0.0787. The van der Waals surface area contributed by atoms with Crippen molar-refractivity contribution >= 4 is 0 Å². The maximum absolute atomic E-state index is 5.72. The van der Waals surface area contributed by atoms with Crippen LogP contribution >= 0.6 is 0 Å². The lowest BCUT2D eigenvalue weighted by Gasteiger charge is -2.34. The lowest BCUT2D eigenvalue weighted by Crippen LogP contribution is -2.47. The molecule has 0 fully saturated rings. The number of unbranched alkanes of at least 4 members (excludes halogenated alkanes) is 1. The van der Waals surface area contributed by atoms with Crippen LogP contribution in [0.15, 0.2) is 12.7 Å². The highest BCUT2D eigenvalue weighted by Gasteiger charge is 2.27. The van der Waals surface area contributed by atoms with E-state index in [2.05, 4.69) is 25.7 Å². The molecule has 14 heavy (non-hydrogen) atoms. The molecule has 0 amide bonds. The third-order valence-corrected chi connectivity index (χ3v) is 2.61. The average Bonchev–Trinajstić information content (AvgIpc) is 2.12. The highest BCUT2D eigenvalue weighted by molar-refractivity contribution is 4.85. The first kappa shape index (κ1) is 13.7. The van der Waals surface area contributed by atoms with E-state index in [1.54, 1.807) is 0 Å². The SMILES string of the molecule is C=CCCCC(NC)C(C)(C)OCC. The van der Waals surface area contributed by atoms with Crippen molar-refractivity contribution in [3.63, 3.8) is 0 Å². The van der Waals surface area contributed by atoms with Crippen LogP contribution in [0.5, 0.6) is 0 Å². The van der Waals surface area contributed by atoms with Crippen molar-refractivity contribution in [2.75, 3.05) is 13.7 Å². The predicted molar refractivity (Wildman–Crippen MR) is 62.6 cm³/mol. The van der Waals surface area contributed by atoms with Gasteiger partial charge in [0.25, 0.3) is 0 Å². The van der Waals surface area contributed by atoms with Gasteiger partial charge in [0.05, 0.1) is 5.60 Å². The first-order valence-corrected chi connectivity index (χ1v) is 5.50. The number of likely N-dealkylation sites (N-methyl/N-ethyl adjacent to an activating group) is 1. The summed E-state index contributed by atoms with van der Waals surface area (Å²) in [5.74, 6) is 0. The van der Waals surface area contributed by atoms with Crippen molar-refractivity contribution < 1.29 is 4.74 Å². The summed E-state index contributed by atoms with van der Waals surface area (Å²) in [7, 11) is 2.00. The first-order chi connectivity index (χ1) is 6.58. The summed E-state index contributed by atoms with van der Waals surface area (Å²) in [6.07, 6.45) is 5.36. The van der Waals surface area contributed by atoms with Gasteiger partial charge in [0, 0.05) is 12.6 Å². The molecule has 1 N–H and O–H groups in total. The molecule has 0 aromatic rings. The van der Waals surface area contributed by atoms with Gasteiger partial charge in [-0.05, 0) is 47.1 Å². The summed E-state index contributed by atoms with van der Waals surface area (Å²) in [6.45, 7) is 10.8.